The van der Waals surface area contributed by atoms with Gasteiger partial charge in [-0.15, -0.1) is 0 Å². The molecule has 138 valence electrons. The SMILES string of the molecule is CCOC(=O)c1cc(C)n(CC(=O)NNC(=O)c2ccc(Cl)cc2)c1C. The Morgan fingerprint density at radius 2 is 1.77 bits per heavy atom. The zero-order valence-corrected chi connectivity index (χ0v) is 15.5. The Kier molecular flexibility index (Phi) is 6.41. The molecule has 2 N–H and O–H groups in total. The zero-order valence-electron chi connectivity index (χ0n) is 14.8. The Balaban J connectivity index is 1.98. The van der Waals surface area contributed by atoms with Crippen LogP contribution in [-0.4, -0.2) is 29.0 Å². The second-order valence-corrected chi connectivity index (χ2v) is 6.04. The molecule has 0 aliphatic heterocycles. The smallest absolute Gasteiger partial charge is 0.339 e. The highest BCUT2D eigenvalue weighted by atomic mass is 35.5. The van der Waals surface area contributed by atoms with Crippen LogP contribution in [0.25, 0.3) is 0 Å². The van der Waals surface area contributed by atoms with Gasteiger partial charge in [-0.05, 0) is 51.1 Å². The molecule has 0 unspecified atom stereocenters. The predicted octanol–water partition coefficient (Wildman–Crippen LogP) is 2.40. The number of hydrogen-bond donors (Lipinski definition) is 2. The van der Waals surface area contributed by atoms with Gasteiger partial charge in [-0.1, -0.05) is 11.6 Å². The molecule has 1 aromatic carbocycles. The number of carbonyl (C=O) groups is 3. The number of aromatic nitrogens is 1. The van der Waals surface area contributed by atoms with E-state index >= 15 is 0 Å². The molecule has 7 nitrogen and oxygen atoms in total. The van der Waals surface area contributed by atoms with Crippen LogP contribution in [0.3, 0.4) is 0 Å². The van der Waals surface area contributed by atoms with Crippen molar-refractivity contribution in [3.63, 3.8) is 0 Å². The summed E-state index contributed by atoms with van der Waals surface area (Å²) in [6.07, 6.45) is 0. The summed E-state index contributed by atoms with van der Waals surface area (Å²) in [5, 5.41) is 0.515. The monoisotopic (exact) mass is 377 g/mol. The number of amides is 2. The minimum absolute atomic E-state index is 0.0437. The Morgan fingerprint density at radius 1 is 1.12 bits per heavy atom. The van der Waals surface area contributed by atoms with E-state index in [0.29, 0.717) is 21.8 Å². The third kappa shape index (κ3) is 4.64. The van der Waals surface area contributed by atoms with Gasteiger partial charge >= 0.3 is 5.97 Å². The maximum Gasteiger partial charge on any atom is 0.339 e. The van der Waals surface area contributed by atoms with Gasteiger partial charge in [-0.25, -0.2) is 4.79 Å². The van der Waals surface area contributed by atoms with Crippen molar-refractivity contribution >= 4 is 29.4 Å². The van der Waals surface area contributed by atoms with Gasteiger partial charge in [0.25, 0.3) is 11.8 Å². The van der Waals surface area contributed by atoms with Gasteiger partial charge in [0.05, 0.1) is 12.2 Å². The second kappa shape index (κ2) is 8.53. The van der Waals surface area contributed by atoms with Crippen molar-refractivity contribution in [3.8, 4) is 0 Å². The van der Waals surface area contributed by atoms with E-state index in [1.807, 2.05) is 0 Å². The third-order valence-electron chi connectivity index (χ3n) is 3.79. The van der Waals surface area contributed by atoms with E-state index in [4.69, 9.17) is 16.3 Å². The summed E-state index contributed by atoms with van der Waals surface area (Å²) in [6, 6.07) is 7.95. The molecular formula is C18H20ClN3O4. The Labute approximate surface area is 156 Å². The van der Waals surface area contributed by atoms with E-state index < -0.39 is 17.8 Å². The lowest BCUT2D eigenvalue weighted by atomic mass is 10.2. The molecule has 2 aromatic rings. The maximum atomic E-state index is 12.1. The van der Waals surface area contributed by atoms with Crippen LogP contribution in [0.4, 0.5) is 0 Å². The second-order valence-electron chi connectivity index (χ2n) is 5.60. The molecule has 8 heteroatoms. The van der Waals surface area contributed by atoms with Crippen molar-refractivity contribution in [2.45, 2.75) is 27.3 Å². The van der Waals surface area contributed by atoms with Gasteiger partial charge in [0.2, 0.25) is 0 Å². The molecule has 0 bridgehead atoms. The summed E-state index contributed by atoms with van der Waals surface area (Å²) in [7, 11) is 0. The van der Waals surface area contributed by atoms with Gasteiger partial charge < -0.3 is 9.30 Å². The average Bonchev–Trinajstić information content (AvgIpc) is 2.89. The number of halogens is 1. The molecule has 0 saturated heterocycles. The Bertz CT molecular complexity index is 828. The summed E-state index contributed by atoms with van der Waals surface area (Å²) in [5.74, 6) is -1.31. The van der Waals surface area contributed by atoms with Crippen LogP contribution < -0.4 is 10.9 Å². The molecule has 26 heavy (non-hydrogen) atoms. The number of nitrogens with zero attached hydrogens (tertiary/aromatic N) is 1. The van der Waals surface area contributed by atoms with E-state index in [9.17, 15) is 14.4 Å². The lowest BCUT2D eigenvalue weighted by Crippen LogP contribution is -2.43. The number of esters is 1. The molecule has 0 fully saturated rings. The van der Waals surface area contributed by atoms with Crippen molar-refractivity contribution in [3.05, 3.63) is 57.9 Å². The van der Waals surface area contributed by atoms with Gasteiger partial charge in [0.15, 0.2) is 0 Å². The van der Waals surface area contributed by atoms with Crippen molar-refractivity contribution in [1.82, 2.24) is 15.4 Å². The number of hydrazine groups is 1. The molecule has 0 atom stereocenters. The van der Waals surface area contributed by atoms with Gasteiger partial charge in [0, 0.05) is 22.0 Å². The summed E-state index contributed by atoms with van der Waals surface area (Å²) < 4.78 is 6.68. The summed E-state index contributed by atoms with van der Waals surface area (Å²) in [4.78, 5) is 36.0. The quantitative estimate of drug-likeness (QED) is 0.618. The Morgan fingerprint density at radius 3 is 2.38 bits per heavy atom. The first-order chi connectivity index (χ1) is 12.3. The van der Waals surface area contributed by atoms with Crippen LogP contribution in [0.1, 0.15) is 39.0 Å². The van der Waals surface area contributed by atoms with E-state index in [0.717, 1.165) is 5.69 Å². The third-order valence-corrected chi connectivity index (χ3v) is 4.04. The standard InChI is InChI=1S/C18H20ClN3O4/c1-4-26-18(25)15-9-11(2)22(12(15)3)10-16(23)20-21-17(24)13-5-7-14(19)8-6-13/h5-9H,4,10H2,1-3H3,(H,20,23)(H,21,24). The Hall–Kier alpha value is -2.80. The molecule has 0 aliphatic carbocycles. The summed E-state index contributed by atoms with van der Waals surface area (Å²) in [5.41, 5.74) is 6.85. The fourth-order valence-corrected chi connectivity index (χ4v) is 2.57. The molecule has 2 amide bonds. The first-order valence-corrected chi connectivity index (χ1v) is 8.39. The topological polar surface area (TPSA) is 89.4 Å². The number of carbonyl (C=O) groups excluding carboxylic acids is 3. The number of hydrogen-bond acceptors (Lipinski definition) is 4. The number of rotatable bonds is 5. The summed E-state index contributed by atoms with van der Waals surface area (Å²) in [6.45, 7) is 5.49. The first kappa shape index (κ1) is 19.5. The fraction of sp³-hybridized carbons (Fsp3) is 0.278. The number of ether oxygens (including phenoxy) is 1. The largest absolute Gasteiger partial charge is 0.462 e. The minimum atomic E-state index is -0.455. The van der Waals surface area contributed by atoms with E-state index in [1.165, 1.54) is 0 Å². The number of nitrogens with one attached hydrogen (secondary N) is 2. The van der Waals surface area contributed by atoms with E-state index in [-0.39, 0.29) is 13.2 Å². The highest BCUT2D eigenvalue weighted by Crippen LogP contribution is 2.16. The molecule has 1 aromatic heterocycles. The number of benzene rings is 1. The fourth-order valence-electron chi connectivity index (χ4n) is 2.44. The lowest BCUT2D eigenvalue weighted by Gasteiger charge is -2.11. The number of aryl methyl sites for hydroxylation is 1. The van der Waals surface area contributed by atoms with Crippen LogP contribution in [0.2, 0.25) is 5.02 Å². The van der Waals surface area contributed by atoms with Crippen molar-refractivity contribution in [2.24, 2.45) is 0 Å². The van der Waals surface area contributed by atoms with Gasteiger partial charge in [-0.3, -0.25) is 20.4 Å². The predicted molar refractivity (Wildman–Crippen MR) is 96.9 cm³/mol. The van der Waals surface area contributed by atoms with Crippen LogP contribution in [0, 0.1) is 13.8 Å². The van der Waals surface area contributed by atoms with Crippen LogP contribution in [-0.2, 0) is 16.1 Å². The average molecular weight is 378 g/mol. The molecule has 2 rings (SSSR count). The maximum absolute atomic E-state index is 12.1. The molecule has 0 aliphatic rings. The van der Waals surface area contributed by atoms with Crippen molar-refractivity contribution in [2.75, 3.05) is 6.61 Å². The minimum Gasteiger partial charge on any atom is -0.462 e. The van der Waals surface area contributed by atoms with E-state index in [2.05, 4.69) is 10.9 Å². The van der Waals surface area contributed by atoms with Crippen LogP contribution in [0.5, 0.6) is 0 Å². The van der Waals surface area contributed by atoms with E-state index in [1.54, 1.807) is 55.7 Å². The molecule has 0 radical (unpaired) electrons. The molecule has 0 spiro atoms. The van der Waals surface area contributed by atoms with Crippen LogP contribution in [0.15, 0.2) is 30.3 Å². The van der Waals surface area contributed by atoms with Gasteiger partial charge in [0.1, 0.15) is 6.54 Å². The highest BCUT2D eigenvalue weighted by molar-refractivity contribution is 6.30. The van der Waals surface area contributed by atoms with Gasteiger partial charge in [-0.2, -0.15) is 0 Å². The zero-order chi connectivity index (χ0) is 19.3. The molecular weight excluding hydrogens is 358 g/mol. The first-order valence-electron chi connectivity index (χ1n) is 8.02. The molecule has 0 saturated carbocycles. The van der Waals surface area contributed by atoms with Crippen molar-refractivity contribution in [1.29, 1.82) is 0 Å². The highest BCUT2D eigenvalue weighted by Gasteiger charge is 2.18. The van der Waals surface area contributed by atoms with Crippen LogP contribution >= 0.6 is 11.6 Å². The normalized spacial score (nSPS) is 10.3. The lowest BCUT2D eigenvalue weighted by molar-refractivity contribution is -0.122. The summed E-state index contributed by atoms with van der Waals surface area (Å²) >= 11 is 5.77. The van der Waals surface area contributed by atoms with Crippen molar-refractivity contribution < 1.29 is 19.1 Å². The molecule has 1 heterocycles.